The Bertz CT molecular complexity index is 997. The summed E-state index contributed by atoms with van der Waals surface area (Å²) in [5.74, 6) is 1.56. The molecule has 0 atom stereocenters. The number of methoxy groups -OCH3 is 2. The van der Waals surface area contributed by atoms with E-state index < -0.39 is 10.0 Å². The molecule has 25 heavy (non-hydrogen) atoms. The van der Waals surface area contributed by atoms with Gasteiger partial charge in [-0.2, -0.15) is 4.98 Å². The van der Waals surface area contributed by atoms with Gasteiger partial charge in [0.2, 0.25) is 15.8 Å². The van der Waals surface area contributed by atoms with Gasteiger partial charge < -0.3 is 14.0 Å². The SMILES string of the molecule is COc1ccc(-c2noc(-c3ccc(S(N)(=O)=O)cc3OC)n2)cc1. The summed E-state index contributed by atoms with van der Waals surface area (Å²) in [6.07, 6.45) is 0. The molecular weight excluding hydrogens is 346 g/mol. The van der Waals surface area contributed by atoms with Crippen LogP contribution in [-0.2, 0) is 10.0 Å². The number of rotatable bonds is 5. The minimum Gasteiger partial charge on any atom is -0.497 e. The van der Waals surface area contributed by atoms with Crippen LogP contribution in [0.5, 0.6) is 11.5 Å². The largest absolute Gasteiger partial charge is 0.497 e. The smallest absolute Gasteiger partial charge is 0.262 e. The van der Waals surface area contributed by atoms with Crippen molar-refractivity contribution in [3.63, 3.8) is 0 Å². The molecule has 3 rings (SSSR count). The maximum atomic E-state index is 11.5. The van der Waals surface area contributed by atoms with E-state index in [4.69, 9.17) is 19.1 Å². The molecule has 0 radical (unpaired) electrons. The summed E-state index contributed by atoms with van der Waals surface area (Å²) in [5.41, 5.74) is 1.21. The van der Waals surface area contributed by atoms with Crippen LogP contribution < -0.4 is 14.6 Å². The second-order valence-corrected chi connectivity index (χ2v) is 6.62. The molecule has 0 amide bonds. The van der Waals surface area contributed by atoms with Crippen molar-refractivity contribution in [3.05, 3.63) is 42.5 Å². The second kappa shape index (κ2) is 6.54. The molecule has 3 aromatic rings. The van der Waals surface area contributed by atoms with Gasteiger partial charge in [0, 0.05) is 11.6 Å². The summed E-state index contributed by atoms with van der Waals surface area (Å²) in [6, 6.07) is 11.3. The van der Waals surface area contributed by atoms with Crippen molar-refractivity contribution in [2.75, 3.05) is 14.2 Å². The third-order valence-corrected chi connectivity index (χ3v) is 4.42. The predicted octanol–water partition coefficient (Wildman–Crippen LogP) is 2.07. The van der Waals surface area contributed by atoms with Crippen molar-refractivity contribution < 1.29 is 22.4 Å². The molecule has 0 saturated heterocycles. The average Bonchev–Trinajstić information content (AvgIpc) is 3.10. The lowest BCUT2D eigenvalue weighted by atomic mass is 10.2. The molecule has 8 nitrogen and oxygen atoms in total. The van der Waals surface area contributed by atoms with Crippen molar-refractivity contribution >= 4 is 10.0 Å². The molecule has 2 aromatic carbocycles. The molecule has 0 fully saturated rings. The second-order valence-electron chi connectivity index (χ2n) is 5.06. The van der Waals surface area contributed by atoms with Gasteiger partial charge in [0.05, 0.1) is 24.7 Å². The summed E-state index contributed by atoms with van der Waals surface area (Å²) in [7, 11) is -0.846. The molecular formula is C16H15N3O5S. The highest BCUT2D eigenvalue weighted by atomic mass is 32.2. The lowest BCUT2D eigenvalue weighted by molar-refractivity contribution is 0.404. The van der Waals surface area contributed by atoms with Crippen LogP contribution in [0.25, 0.3) is 22.8 Å². The van der Waals surface area contributed by atoms with Gasteiger partial charge in [-0.1, -0.05) is 5.16 Å². The molecule has 9 heteroatoms. The molecule has 2 N–H and O–H groups in total. The Morgan fingerprint density at radius 3 is 2.36 bits per heavy atom. The van der Waals surface area contributed by atoms with Gasteiger partial charge in [-0.3, -0.25) is 0 Å². The molecule has 0 bridgehead atoms. The van der Waals surface area contributed by atoms with Crippen LogP contribution in [0.2, 0.25) is 0 Å². The van der Waals surface area contributed by atoms with Crippen LogP contribution in [0.15, 0.2) is 51.9 Å². The van der Waals surface area contributed by atoms with E-state index in [0.717, 1.165) is 5.56 Å². The van der Waals surface area contributed by atoms with Crippen LogP contribution >= 0.6 is 0 Å². The molecule has 0 saturated carbocycles. The third-order valence-electron chi connectivity index (χ3n) is 3.51. The zero-order chi connectivity index (χ0) is 18.0. The highest BCUT2D eigenvalue weighted by Crippen LogP contribution is 2.32. The Morgan fingerprint density at radius 1 is 1.04 bits per heavy atom. The van der Waals surface area contributed by atoms with Crippen molar-refractivity contribution in [2.45, 2.75) is 4.90 Å². The standard InChI is InChI=1S/C16H15N3O5S/c1-22-11-5-3-10(4-6-11)15-18-16(24-19-15)13-8-7-12(25(17,20)21)9-14(13)23-2/h3-9H,1-2H3,(H2,17,20,21). The summed E-state index contributed by atoms with van der Waals surface area (Å²) < 4.78 is 38.5. The van der Waals surface area contributed by atoms with Gasteiger partial charge in [-0.15, -0.1) is 0 Å². The Hall–Kier alpha value is -2.91. The molecule has 1 aromatic heterocycles. The van der Waals surface area contributed by atoms with E-state index in [-0.39, 0.29) is 16.5 Å². The van der Waals surface area contributed by atoms with E-state index in [1.165, 1.54) is 25.3 Å². The van der Waals surface area contributed by atoms with E-state index in [2.05, 4.69) is 10.1 Å². The number of hydrogen-bond donors (Lipinski definition) is 1. The van der Waals surface area contributed by atoms with E-state index in [9.17, 15) is 8.42 Å². The fraction of sp³-hybridized carbons (Fsp3) is 0.125. The molecule has 0 aliphatic rings. The van der Waals surface area contributed by atoms with E-state index in [1.807, 2.05) is 0 Å². The Kier molecular flexibility index (Phi) is 4.43. The van der Waals surface area contributed by atoms with Crippen molar-refractivity contribution in [3.8, 4) is 34.3 Å². The topological polar surface area (TPSA) is 118 Å². The normalized spacial score (nSPS) is 11.3. The first-order chi connectivity index (χ1) is 11.9. The van der Waals surface area contributed by atoms with Crippen molar-refractivity contribution in [2.24, 2.45) is 5.14 Å². The highest BCUT2D eigenvalue weighted by molar-refractivity contribution is 7.89. The van der Waals surface area contributed by atoms with Crippen LogP contribution in [-0.4, -0.2) is 32.8 Å². The van der Waals surface area contributed by atoms with Gasteiger partial charge >= 0.3 is 0 Å². The number of primary sulfonamides is 1. The lowest BCUT2D eigenvalue weighted by Crippen LogP contribution is -2.12. The number of sulfonamides is 1. The first kappa shape index (κ1) is 16.9. The number of nitrogens with zero attached hydrogens (tertiary/aromatic N) is 2. The molecule has 130 valence electrons. The van der Waals surface area contributed by atoms with Crippen LogP contribution in [0.3, 0.4) is 0 Å². The Morgan fingerprint density at radius 2 is 1.76 bits per heavy atom. The van der Waals surface area contributed by atoms with Gasteiger partial charge in [0.15, 0.2) is 0 Å². The molecule has 0 spiro atoms. The Balaban J connectivity index is 1.99. The first-order valence-electron chi connectivity index (χ1n) is 7.11. The fourth-order valence-corrected chi connectivity index (χ4v) is 2.74. The minimum absolute atomic E-state index is 0.0667. The average molecular weight is 361 g/mol. The van der Waals surface area contributed by atoms with E-state index in [0.29, 0.717) is 17.1 Å². The number of benzene rings is 2. The monoisotopic (exact) mass is 361 g/mol. The number of nitrogens with two attached hydrogens (primary N) is 1. The predicted molar refractivity (Wildman–Crippen MR) is 89.6 cm³/mol. The zero-order valence-electron chi connectivity index (χ0n) is 13.5. The van der Waals surface area contributed by atoms with Crippen molar-refractivity contribution in [1.29, 1.82) is 0 Å². The molecule has 0 aliphatic heterocycles. The van der Waals surface area contributed by atoms with E-state index in [1.54, 1.807) is 31.4 Å². The number of aromatic nitrogens is 2. The number of ether oxygens (including phenoxy) is 2. The van der Waals surface area contributed by atoms with Gasteiger partial charge in [0.25, 0.3) is 5.89 Å². The fourth-order valence-electron chi connectivity index (χ4n) is 2.22. The quantitative estimate of drug-likeness (QED) is 0.739. The summed E-state index contributed by atoms with van der Waals surface area (Å²) in [6.45, 7) is 0. The maximum absolute atomic E-state index is 11.5. The summed E-state index contributed by atoms with van der Waals surface area (Å²) >= 11 is 0. The summed E-state index contributed by atoms with van der Waals surface area (Å²) in [5, 5.41) is 9.07. The molecule has 0 aliphatic carbocycles. The minimum atomic E-state index is -3.84. The van der Waals surface area contributed by atoms with Crippen LogP contribution in [0.1, 0.15) is 0 Å². The van der Waals surface area contributed by atoms with Crippen LogP contribution in [0.4, 0.5) is 0 Å². The third kappa shape index (κ3) is 3.47. The van der Waals surface area contributed by atoms with Gasteiger partial charge in [-0.05, 0) is 36.4 Å². The Labute approximate surface area is 144 Å². The van der Waals surface area contributed by atoms with Crippen LogP contribution in [0, 0.1) is 0 Å². The number of hydrogen-bond acceptors (Lipinski definition) is 7. The van der Waals surface area contributed by atoms with Crippen molar-refractivity contribution in [1.82, 2.24) is 10.1 Å². The van der Waals surface area contributed by atoms with Gasteiger partial charge in [0.1, 0.15) is 11.5 Å². The van der Waals surface area contributed by atoms with E-state index >= 15 is 0 Å². The maximum Gasteiger partial charge on any atom is 0.262 e. The first-order valence-corrected chi connectivity index (χ1v) is 8.66. The highest BCUT2D eigenvalue weighted by Gasteiger charge is 2.18. The van der Waals surface area contributed by atoms with Gasteiger partial charge in [-0.25, -0.2) is 13.6 Å². The molecule has 1 heterocycles. The molecule has 0 unspecified atom stereocenters. The zero-order valence-corrected chi connectivity index (χ0v) is 14.3. The summed E-state index contributed by atoms with van der Waals surface area (Å²) in [4.78, 5) is 4.26. The lowest BCUT2D eigenvalue weighted by Gasteiger charge is -2.06.